The molecule has 1 aliphatic rings. The Morgan fingerprint density at radius 1 is 1.00 bits per heavy atom. The summed E-state index contributed by atoms with van der Waals surface area (Å²) in [5, 5.41) is 3.36. The fourth-order valence-corrected chi connectivity index (χ4v) is 5.46. The Morgan fingerprint density at radius 3 is 2.31 bits per heavy atom. The van der Waals surface area contributed by atoms with Gasteiger partial charge in [-0.15, -0.1) is 0 Å². The van der Waals surface area contributed by atoms with Gasteiger partial charge in [0, 0.05) is 49.7 Å². The van der Waals surface area contributed by atoms with Crippen molar-refractivity contribution in [1.29, 1.82) is 0 Å². The van der Waals surface area contributed by atoms with Crippen LogP contribution in [0.15, 0.2) is 47.4 Å². The number of benzene rings is 2. The molecule has 0 aliphatic carbocycles. The van der Waals surface area contributed by atoms with Crippen LogP contribution in [0.5, 0.6) is 0 Å². The van der Waals surface area contributed by atoms with Crippen molar-refractivity contribution in [2.24, 2.45) is 0 Å². The van der Waals surface area contributed by atoms with Gasteiger partial charge in [-0.1, -0.05) is 23.7 Å². The van der Waals surface area contributed by atoms with Crippen LogP contribution in [0.4, 0.5) is 0 Å². The lowest BCUT2D eigenvalue weighted by Crippen LogP contribution is -2.50. The summed E-state index contributed by atoms with van der Waals surface area (Å²) in [6, 6.07) is 12.0. The Kier molecular flexibility index (Phi) is 7.92. The molecule has 0 spiro atoms. The van der Waals surface area contributed by atoms with Gasteiger partial charge in [-0.25, -0.2) is 8.42 Å². The molecule has 2 aromatic rings. The lowest BCUT2D eigenvalue weighted by molar-refractivity contribution is -0.132. The molecule has 1 aliphatic heterocycles. The van der Waals surface area contributed by atoms with Crippen LogP contribution in [0.2, 0.25) is 5.02 Å². The van der Waals surface area contributed by atoms with Gasteiger partial charge in [0.1, 0.15) is 0 Å². The molecule has 3 rings (SSSR count). The molecule has 0 bridgehead atoms. The van der Waals surface area contributed by atoms with Gasteiger partial charge in [-0.05, 0) is 61.7 Å². The minimum atomic E-state index is -3.58. The van der Waals surface area contributed by atoms with Crippen LogP contribution < -0.4 is 5.32 Å². The van der Waals surface area contributed by atoms with Gasteiger partial charge in [-0.2, -0.15) is 4.31 Å². The third kappa shape index (κ3) is 5.88. The first kappa shape index (κ1) is 24.2. The summed E-state index contributed by atoms with van der Waals surface area (Å²) in [6.45, 7) is 5.31. The van der Waals surface area contributed by atoms with E-state index in [9.17, 15) is 18.0 Å². The third-order valence-electron chi connectivity index (χ3n) is 5.51. The number of sulfonamides is 1. The predicted molar refractivity (Wildman–Crippen MR) is 124 cm³/mol. The Morgan fingerprint density at radius 2 is 1.66 bits per heavy atom. The van der Waals surface area contributed by atoms with E-state index < -0.39 is 10.0 Å². The molecule has 2 aromatic carbocycles. The van der Waals surface area contributed by atoms with Gasteiger partial charge in [0.2, 0.25) is 15.9 Å². The second-order valence-electron chi connectivity index (χ2n) is 7.92. The molecular weight excluding hydrogens is 450 g/mol. The highest BCUT2D eigenvalue weighted by Gasteiger charge is 2.30. The van der Waals surface area contributed by atoms with Gasteiger partial charge in [0.15, 0.2) is 0 Å². The summed E-state index contributed by atoms with van der Waals surface area (Å²) < 4.78 is 27.5. The van der Waals surface area contributed by atoms with E-state index in [1.54, 1.807) is 42.2 Å². The second-order valence-corrected chi connectivity index (χ2v) is 10.3. The number of nitrogens with zero attached hydrogens (tertiary/aromatic N) is 2. The number of aryl methyl sites for hydroxylation is 2. The Labute approximate surface area is 194 Å². The van der Waals surface area contributed by atoms with Crippen LogP contribution in [0, 0.1) is 13.8 Å². The summed E-state index contributed by atoms with van der Waals surface area (Å²) in [5.74, 6) is -0.242. The van der Waals surface area contributed by atoms with Crippen molar-refractivity contribution in [2.45, 2.75) is 31.6 Å². The fraction of sp³-hybridized carbons (Fsp3) is 0.391. The van der Waals surface area contributed by atoms with Gasteiger partial charge in [0.05, 0.1) is 4.90 Å². The van der Waals surface area contributed by atoms with Crippen molar-refractivity contribution in [2.75, 3.05) is 32.7 Å². The topological polar surface area (TPSA) is 86.8 Å². The number of hydrogen-bond acceptors (Lipinski definition) is 4. The molecule has 0 atom stereocenters. The van der Waals surface area contributed by atoms with E-state index in [-0.39, 0.29) is 24.9 Å². The lowest BCUT2D eigenvalue weighted by Gasteiger charge is -2.34. The molecular formula is C23H28ClN3O4S. The minimum Gasteiger partial charge on any atom is -0.352 e. The monoisotopic (exact) mass is 477 g/mol. The Bertz CT molecular complexity index is 1080. The van der Waals surface area contributed by atoms with Gasteiger partial charge in [-0.3, -0.25) is 9.59 Å². The molecule has 172 valence electrons. The average Bonchev–Trinajstić information content (AvgIpc) is 2.78. The molecule has 1 N–H and O–H groups in total. The third-order valence-corrected chi connectivity index (χ3v) is 7.80. The summed E-state index contributed by atoms with van der Waals surface area (Å²) in [7, 11) is -3.58. The summed E-state index contributed by atoms with van der Waals surface area (Å²) in [6.07, 6.45) is 0.809. The van der Waals surface area contributed by atoms with E-state index in [0.29, 0.717) is 48.0 Å². The fourth-order valence-electron chi connectivity index (χ4n) is 3.61. The summed E-state index contributed by atoms with van der Waals surface area (Å²) >= 11 is 5.82. The smallest absolute Gasteiger partial charge is 0.251 e. The molecule has 0 unspecified atom stereocenters. The average molecular weight is 478 g/mol. The van der Waals surface area contributed by atoms with Gasteiger partial charge in [0.25, 0.3) is 5.91 Å². The van der Waals surface area contributed by atoms with Crippen LogP contribution in [-0.4, -0.2) is 62.2 Å². The Hall–Kier alpha value is -2.42. The molecule has 7 nitrogen and oxygen atoms in total. The zero-order valence-corrected chi connectivity index (χ0v) is 19.9. The normalized spacial score (nSPS) is 14.9. The highest BCUT2D eigenvalue weighted by Crippen LogP contribution is 2.22. The van der Waals surface area contributed by atoms with Gasteiger partial charge < -0.3 is 10.2 Å². The highest BCUT2D eigenvalue weighted by molar-refractivity contribution is 7.89. The molecule has 0 radical (unpaired) electrons. The van der Waals surface area contributed by atoms with Crippen molar-refractivity contribution in [3.8, 4) is 0 Å². The van der Waals surface area contributed by atoms with Gasteiger partial charge >= 0.3 is 0 Å². The molecule has 2 amide bonds. The van der Waals surface area contributed by atoms with Crippen molar-refractivity contribution in [3.05, 3.63) is 64.2 Å². The lowest BCUT2D eigenvalue weighted by atomic mass is 10.2. The van der Waals surface area contributed by atoms with Crippen LogP contribution in [-0.2, 0) is 14.8 Å². The maximum atomic E-state index is 13.0. The number of carbonyl (C=O) groups excluding carboxylic acids is 2. The van der Waals surface area contributed by atoms with E-state index in [4.69, 9.17) is 11.6 Å². The summed E-state index contributed by atoms with van der Waals surface area (Å²) in [4.78, 5) is 26.6. The highest BCUT2D eigenvalue weighted by atomic mass is 35.5. The number of amides is 2. The molecule has 1 heterocycles. The molecule has 1 fully saturated rings. The van der Waals surface area contributed by atoms with Crippen LogP contribution >= 0.6 is 11.6 Å². The molecule has 32 heavy (non-hydrogen) atoms. The SMILES string of the molecule is Cc1ccc(C)c(S(=O)(=O)N2CCN(C(=O)CCCNC(=O)c3ccc(Cl)cc3)CC2)c1. The van der Waals surface area contributed by atoms with E-state index in [1.807, 2.05) is 19.1 Å². The van der Waals surface area contributed by atoms with Crippen molar-refractivity contribution < 1.29 is 18.0 Å². The Balaban J connectivity index is 1.44. The first-order valence-corrected chi connectivity index (χ1v) is 12.4. The van der Waals surface area contributed by atoms with E-state index in [2.05, 4.69) is 5.32 Å². The minimum absolute atomic E-state index is 0.0328. The molecule has 0 saturated carbocycles. The predicted octanol–water partition coefficient (Wildman–Crippen LogP) is 3.00. The first-order chi connectivity index (χ1) is 15.2. The summed E-state index contributed by atoms with van der Waals surface area (Å²) in [5.41, 5.74) is 2.13. The zero-order chi connectivity index (χ0) is 23.3. The molecule has 9 heteroatoms. The van der Waals surface area contributed by atoms with Crippen molar-refractivity contribution >= 4 is 33.4 Å². The molecule has 1 saturated heterocycles. The number of hydrogen-bond donors (Lipinski definition) is 1. The largest absolute Gasteiger partial charge is 0.352 e. The van der Waals surface area contributed by atoms with Crippen molar-refractivity contribution in [1.82, 2.24) is 14.5 Å². The van der Waals surface area contributed by atoms with Crippen LogP contribution in [0.25, 0.3) is 0 Å². The number of rotatable bonds is 7. The number of nitrogens with one attached hydrogen (secondary N) is 1. The standard InChI is InChI=1S/C23H28ClN3O4S/c1-17-5-6-18(2)21(16-17)32(30,31)27-14-12-26(13-15-27)22(28)4-3-11-25-23(29)19-7-9-20(24)10-8-19/h5-10,16H,3-4,11-15H2,1-2H3,(H,25,29). The first-order valence-electron chi connectivity index (χ1n) is 10.6. The number of piperazine rings is 1. The van der Waals surface area contributed by atoms with Crippen LogP contribution in [0.1, 0.15) is 34.3 Å². The second kappa shape index (κ2) is 10.5. The van der Waals surface area contributed by atoms with E-state index in [0.717, 1.165) is 11.1 Å². The van der Waals surface area contributed by atoms with Crippen molar-refractivity contribution in [3.63, 3.8) is 0 Å². The van der Waals surface area contributed by atoms with E-state index >= 15 is 0 Å². The maximum absolute atomic E-state index is 13.0. The van der Waals surface area contributed by atoms with Crippen LogP contribution in [0.3, 0.4) is 0 Å². The van der Waals surface area contributed by atoms with E-state index in [1.165, 1.54) is 4.31 Å². The quantitative estimate of drug-likeness (QED) is 0.621. The maximum Gasteiger partial charge on any atom is 0.251 e. The number of halogens is 1. The zero-order valence-electron chi connectivity index (χ0n) is 18.3. The molecule has 0 aromatic heterocycles. The number of carbonyl (C=O) groups is 2.